The Morgan fingerprint density at radius 1 is 1.28 bits per heavy atom. The number of piperazine rings is 1. The van der Waals surface area contributed by atoms with Gasteiger partial charge >= 0.3 is 6.18 Å². The molecule has 29 heavy (non-hydrogen) atoms. The van der Waals surface area contributed by atoms with E-state index in [0.29, 0.717) is 18.0 Å². The number of guanidine groups is 1. The number of thiazole rings is 1. The van der Waals surface area contributed by atoms with E-state index in [1.54, 1.807) is 14.2 Å². The molecule has 2 aromatic rings. The number of ether oxygens (including phenoxy) is 1. The van der Waals surface area contributed by atoms with Crippen LogP contribution in [0, 0.1) is 0 Å². The predicted octanol–water partition coefficient (Wildman–Crippen LogP) is 3.11. The standard InChI is InChI=1S/C19H24F3N5OS/c1-23-18(24-7-6-17-25-16(13-29-17)19(20,21)22)27-10-8-26(9-11-27)14-4-3-5-15(12-14)28-2/h3-5,12-13H,6-11H2,1-2H3,(H,23,24). The molecule has 1 aromatic heterocycles. The number of rotatable bonds is 5. The molecule has 1 aliphatic rings. The molecule has 0 radical (unpaired) electrons. The van der Waals surface area contributed by atoms with Gasteiger partial charge in [0.1, 0.15) is 5.75 Å². The van der Waals surface area contributed by atoms with Gasteiger partial charge in [-0.15, -0.1) is 11.3 Å². The van der Waals surface area contributed by atoms with Crippen LogP contribution in [0.15, 0.2) is 34.6 Å². The first-order chi connectivity index (χ1) is 13.9. The number of anilines is 1. The Morgan fingerprint density at radius 3 is 2.66 bits per heavy atom. The molecule has 0 atom stereocenters. The maximum absolute atomic E-state index is 12.6. The van der Waals surface area contributed by atoms with Crippen LogP contribution in [0.5, 0.6) is 5.75 Å². The largest absolute Gasteiger partial charge is 0.497 e. The average molecular weight is 427 g/mol. The lowest BCUT2D eigenvalue weighted by molar-refractivity contribution is -0.140. The number of methoxy groups -OCH3 is 1. The van der Waals surface area contributed by atoms with Gasteiger partial charge < -0.3 is 19.9 Å². The van der Waals surface area contributed by atoms with Gasteiger partial charge in [-0.25, -0.2) is 4.98 Å². The SMILES string of the molecule is CN=C(NCCc1nc(C(F)(F)F)cs1)N1CCN(c2cccc(OC)c2)CC1. The van der Waals surface area contributed by atoms with E-state index >= 15 is 0 Å². The minimum atomic E-state index is -4.39. The summed E-state index contributed by atoms with van der Waals surface area (Å²) < 4.78 is 43.2. The van der Waals surface area contributed by atoms with Gasteiger partial charge in [-0.3, -0.25) is 4.99 Å². The zero-order chi connectivity index (χ0) is 20.9. The fraction of sp³-hybridized carbons (Fsp3) is 0.474. The van der Waals surface area contributed by atoms with Crippen LogP contribution in [-0.2, 0) is 12.6 Å². The molecule has 6 nitrogen and oxygen atoms in total. The van der Waals surface area contributed by atoms with Crippen molar-refractivity contribution in [3.63, 3.8) is 0 Å². The second-order valence-electron chi connectivity index (χ2n) is 6.52. The summed E-state index contributed by atoms with van der Waals surface area (Å²) in [4.78, 5) is 12.4. The van der Waals surface area contributed by atoms with Gasteiger partial charge in [0.2, 0.25) is 0 Å². The van der Waals surface area contributed by atoms with Gasteiger partial charge in [-0.1, -0.05) is 6.07 Å². The quantitative estimate of drug-likeness (QED) is 0.587. The van der Waals surface area contributed by atoms with E-state index in [9.17, 15) is 13.2 Å². The maximum atomic E-state index is 12.6. The number of halogens is 3. The summed E-state index contributed by atoms with van der Waals surface area (Å²) in [6.45, 7) is 3.76. The molecule has 0 saturated carbocycles. The molecule has 0 aliphatic carbocycles. The highest BCUT2D eigenvalue weighted by Gasteiger charge is 2.33. The van der Waals surface area contributed by atoms with Crippen LogP contribution >= 0.6 is 11.3 Å². The molecule has 0 amide bonds. The van der Waals surface area contributed by atoms with E-state index in [1.165, 1.54) is 0 Å². The molecule has 1 N–H and O–H groups in total. The first-order valence-corrected chi connectivity index (χ1v) is 10.1. The third kappa shape index (κ3) is 5.53. The summed E-state index contributed by atoms with van der Waals surface area (Å²) >= 11 is 1.03. The van der Waals surface area contributed by atoms with Crippen molar-refractivity contribution in [3.8, 4) is 5.75 Å². The van der Waals surface area contributed by atoms with E-state index < -0.39 is 11.9 Å². The predicted molar refractivity (Wildman–Crippen MR) is 109 cm³/mol. The van der Waals surface area contributed by atoms with E-state index in [0.717, 1.165) is 60.3 Å². The monoisotopic (exact) mass is 427 g/mol. The molecule has 1 aromatic carbocycles. The van der Waals surface area contributed by atoms with Gasteiger partial charge in [0.25, 0.3) is 0 Å². The zero-order valence-corrected chi connectivity index (χ0v) is 17.2. The van der Waals surface area contributed by atoms with E-state index in [4.69, 9.17) is 4.74 Å². The lowest BCUT2D eigenvalue weighted by Gasteiger charge is -2.37. The molecule has 158 valence electrons. The second-order valence-corrected chi connectivity index (χ2v) is 7.47. The number of benzene rings is 1. The lowest BCUT2D eigenvalue weighted by Crippen LogP contribution is -2.52. The summed E-state index contributed by atoms with van der Waals surface area (Å²) in [5.74, 6) is 1.58. The minimum absolute atomic E-state index is 0.420. The Hall–Kier alpha value is -2.49. The molecule has 0 bridgehead atoms. The fourth-order valence-corrected chi connectivity index (χ4v) is 3.96. The molecule has 1 fully saturated rings. The highest BCUT2D eigenvalue weighted by molar-refractivity contribution is 7.09. The summed E-state index contributed by atoms with van der Waals surface area (Å²) in [6.07, 6.45) is -3.97. The van der Waals surface area contributed by atoms with Crippen molar-refractivity contribution in [2.75, 3.05) is 51.8 Å². The van der Waals surface area contributed by atoms with Crippen molar-refractivity contribution < 1.29 is 17.9 Å². The fourth-order valence-electron chi connectivity index (χ4n) is 3.15. The Balaban J connectivity index is 1.48. The third-order valence-corrected chi connectivity index (χ3v) is 5.58. The van der Waals surface area contributed by atoms with Crippen LogP contribution in [0.4, 0.5) is 18.9 Å². The second kappa shape index (κ2) is 9.34. The zero-order valence-electron chi connectivity index (χ0n) is 16.4. The molecule has 0 spiro atoms. The van der Waals surface area contributed by atoms with Crippen LogP contribution in [0.25, 0.3) is 0 Å². The van der Waals surface area contributed by atoms with Crippen molar-refractivity contribution in [2.24, 2.45) is 4.99 Å². The number of hydrogen-bond acceptors (Lipinski definition) is 5. The topological polar surface area (TPSA) is 53.0 Å². The number of aliphatic imine (C=N–C) groups is 1. The van der Waals surface area contributed by atoms with Crippen LogP contribution in [-0.4, -0.2) is 62.7 Å². The number of alkyl halides is 3. The average Bonchev–Trinajstić information content (AvgIpc) is 3.21. The maximum Gasteiger partial charge on any atom is 0.434 e. The Labute approximate surface area is 172 Å². The van der Waals surface area contributed by atoms with E-state index in [2.05, 4.69) is 31.2 Å². The van der Waals surface area contributed by atoms with Crippen molar-refractivity contribution >= 4 is 23.0 Å². The van der Waals surface area contributed by atoms with Crippen molar-refractivity contribution in [1.82, 2.24) is 15.2 Å². The molecule has 10 heteroatoms. The normalized spacial score (nSPS) is 15.6. The lowest BCUT2D eigenvalue weighted by atomic mass is 10.2. The van der Waals surface area contributed by atoms with Crippen LogP contribution in [0.3, 0.4) is 0 Å². The smallest absolute Gasteiger partial charge is 0.434 e. The summed E-state index contributed by atoms with van der Waals surface area (Å²) in [7, 11) is 3.37. The van der Waals surface area contributed by atoms with Gasteiger partial charge in [0.15, 0.2) is 11.7 Å². The van der Waals surface area contributed by atoms with Gasteiger partial charge in [-0.2, -0.15) is 13.2 Å². The highest BCUT2D eigenvalue weighted by atomic mass is 32.1. The highest BCUT2D eigenvalue weighted by Crippen LogP contribution is 2.30. The molecular weight excluding hydrogens is 403 g/mol. The summed E-state index contributed by atoms with van der Waals surface area (Å²) in [5.41, 5.74) is 0.298. The number of nitrogens with zero attached hydrogens (tertiary/aromatic N) is 4. The van der Waals surface area contributed by atoms with Crippen molar-refractivity contribution in [3.05, 3.63) is 40.3 Å². The number of nitrogens with one attached hydrogen (secondary N) is 1. The first-order valence-electron chi connectivity index (χ1n) is 9.27. The summed E-state index contributed by atoms with van der Waals surface area (Å²) in [6, 6.07) is 7.98. The Bertz CT molecular complexity index is 831. The van der Waals surface area contributed by atoms with Crippen molar-refractivity contribution in [2.45, 2.75) is 12.6 Å². The van der Waals surface area contributed by atoms with E-state index in [-0.39, 0.29) is 0 Å². The molecule has 2 heterocycles. The number of aromatic nitrogens is 1. The van der Waals surface area contributed by atoms with Crippen LogP contribution in [0.2, 0.25) is 0 Å². The van der Waals surface area contributed by atoms with Crippen LogP contribution < -0.4 is 15.0 Å². The van der Waals surface area contributed by atoms with Gasteiger partial charge in [0.05, 0.1) is 12.1 Å². The Morgan fingerprint density at radius 2 is 2.03 bits per heavy atom. The van der Waals surface area contributed by atoms with Crippen LogP contribution in [0.1, 0.15) is 10.7 Å². The van der Waals surface area contributed by atoms with E-state index in [1.807, 2.05) is 18.2 Å². The molecule has 1 saturated heterocycles. The summed E-state index contributed by atoms with van der Waals surface area (Å²) in [5, 5.41) is 4.75. The number of hydrogen-bond donors (Lipinski definition) is 1. The molecule has 3 rings (SSSR count). The minimum Gasteiger partial charge on any atom is -0.497 e. The first kappa shape index (κ1) is 21.2. The molecule has 0 unspecified atom stereocenters. The third-order valence-electron chi connectivity index (χ3n) is 4.67. The van der Waals surface area contributed by atoms with Gasteiger partial charge in [-0.05, 0) is 12.1 Å². The molecule has 1 aliphatic heterocycles. The molecular formula is C19H24F3N5OS. The Kier molecular flexibility index (Phi) is 6.83. The van der Waals surface area contributed by atoms with Gasteiger partial charge in [0, 0.05) is 63.3 Å². The van der Waals surface area contributed by atoms with Crippen molar-refractivity contribution in [1.29, 1.82) is 0 Å².